The number of carboxylic acids is 1. The van der Waals surface area contributed by atoms with Crippen molar-refractivity contribution in [2.45, 2.75) is 12.5 Å². The molecule has 0 saturated carbocycles. The van der Waals surface area contributed by atoms with Gasteiger partial charge in [-0.2, -0.15) is 0 Å². The van der Waals surface area contributed by atoms with E-state index in [1.165, 1.54) is 0 Å². The highest BCUT2D eigenvalue weighted by Gasteiger charge is 2.24. The van der Waals surface area contributed by atoms with E-state index in [4.69, 9.17) is 0 Å². The van der Waals surface area contributed by atoms with E-state index in [0.717, 1.165) is 0 Å². The molecule has 0 aromatic rings. The van der Waals surface area contributed by atoms with E-state index in [9.17, 15) is 14.3 Å². The van der Waals surface area contributed by atoms with Crippen molar-refractivity contribution in [1.29, 1.82) is 0 Å². The highest BCUT2D eigenvalue weighted by molar-refractivity contribution is 5.85. The van der Waals surface area contributed by atoms with E-state index in [2.05, 4.69) is 0 Å². The lowest BCUT2D eigenvalue weighted by molar-refractivity contribution is -0.889. The molecule has 0 N–H and O–H groups in total. The number of hydrogen-bond acceptors (Lipinski definition) is 2. The van der Waals surface area contributed by atoms with E-state index in [1.807, 2.05) is 0 Å². The normalized spacial score (nSPS) is 13.3. The molecule has 0 rings (SSSR count). The number of carbonyl (C=O) groups excluding carboxylic acids is 1. The van der Waals surface area contributed by atoms with Gasteiger partial charge < -0.3 is 14.4 Å². The predicted octanol–water partition coefficient (Wildman–Crippen LogP) is -0.407. The van der Waals surface area contributed by atoms with Crippen molar-refractivity contribution in [2.24, 2.45) is 0 Å². The minimum Gasteiger partial charge on any atom is -0.544 e. The zero-order valence-electron chi connectivity index (χ0n) is 7.54. The molecular formula is C7H15ClFNO2. The summed E-state index contributed by atoms with van der Waals surface area (Å²) >= 11 is 0. The number of nitrogens with zero attached hydrogens (tertiary/aromatic N) is 1. The van der Waals surface area contributed by atoms with E-state index < -0.39 is 18.7 Å². The van der Waals surface area contributed by atoms with Crippen LogP contribution in [0.3, 0.4) is 0 Å². The third-order valence-corrected chi connectivity index (χ3v) is 1.59. The van der Waals surface area contributed by atoms with Crippen LogP contribution in [-0.4, -0.2) is 44.3 Å². The maximum atomic E-state index is 11.8. The highest BCUT2D eigenvalue weighted by Crippen LogP contribution is 2.06. The summed E-state index contributed by atoms with van der Waals surface area (Å²) < 4.78 is 12.0. The summed E-state index contributed by atoms with van der Waals surface area (Å²) in [5, 5.41) is 10.4. The summed E-state index contributed by atoms with van der Waals surface area (Å²) in [6, 6.07) is -0.750. The minimum atomic E-state index is -1.19. The third-order valence-electron chi connectivity index (χ3n) is 1.59. The van der Waals surface area contributed by atoms with Crippen LogP contribution in [0.2, 0.25) is 0 Å². The van der Waals surface area contributed by atoms with Gasteiger partial charge in [-0.25, -0.2) is 0 Å². The van der Waals surface area contributed by atoms with Crippen LogP contribution in [-0.2, 0) is 4.79 Å². The molecule has 0 amide bonds. The molecule has 1 unspecified atom stereocenters. The number of aliphatic carboxylic acids is 1. The van der Waals surface area contributed by atoms with Crippen LogP contribution in [0, 0.1) is 0 Å². The van der Waals surface area contributed by atoms with Crippen molar-refractivity contribution in [3.05, 3.63) is 0 Å². The van der Waals surface area contributed by atoms with Crippen LogP contribution in [0.4, 0.5) is 4.39 Å². The number of quaternary nitrogens is 1. The van der Waals surface area contributed by atoms with Crippen LogP contribution in [0.5, 0.6) is 0 Å². The Morgan fingerprint density at radius 3 is 2.00 bits per heavy atom. The number of carboxylic acid groups (broad SMARTS) is 1. The first kappa shape index (κ1) is 14.2. The summed E-state index contributed by atoms with van der Waals surface area (Å²) in [4.78, 5) is 10.4. The first-order valence-corrected chi connectivity index (χ1v) is 3.47. The summed E-state index contributed by atoms with van der Waals surface area (Å²) in [6.07, 6.45) is 0.0197. The van der Waals surface area contributed by atoms with Crippen molar-refractivity contribution in [3.8, 4) is 0 Å². The number of carbonyl (C=O) groups is 1. The Morgan fingerprint density at radius 2 is 1.92 bits per heavy atom. The molecule has 0 spiro atoms. The largest absolute Gasteiger partial charge is 0.544 e. The summed E-state index contributed by atoms with van der Waals surface area (Å²) in [6.45, 7) is -0.617. The molecule has 0 aliphatic rings. The fraction of sp³-hybridized carbons (Fsp3) is 0.857. The Bertz CT molecular complexity index is 147. The second kappa shape index (κ2) is 5.32. The van der Waals surface area contributed by atoms with Gasteiger partial charge in [-0.3, -0.25) is 4.39 Å². The van der Waals surface area contributed by atoms with Gasteiger partial charge in [0.15, 0.2) is 0 Å². The Morgan fingerprint density at radius 1 is 1.50 bits per heavy atom. The minimum absolute atomic E-state index is 0. The Balaban J connectivity index is 0. The zero-order valence-corrected chi connectivity index (χ0v) is 8.36. The van der Waals surface area contributed by atoms with Crippen molar-refractivity contribution in [2.75, 3.05) is 27.8 Å². The van der Waals surface area contributed by atoms with Crippen molar-refractivity contribution in [1.82, 2.24) is 0 Å². The topological polar surface area (TPSA) is 40.1 Å². The molecule has 1 atom stereocenters. The third kappa shape index (κ3) is 4.51. The van der Waals surface area contributed by atoms with Crippen molar-refractivity contribution < 1.29 is 18.8 Å². The van der Waals surface area contributed by atoms with E-state index in [1.54, 1.807) is 21.1 Å². The number of hydrogen-bond donors (Lipinski definition) is 0. The first-order valence-electron chi connectivity index (χ1n) is 3.47. The van der Waals surface area contributed by atoms with Gasteiger partial charge in [0.1, 0.15) is 6.04 Å². The number of rotatable bonds is 4. The maximum absolute atomic E-state index is 11.8. The van der Waals surface area contributed by atoms with Gasteiger partial charge in [0.25, 0.3) is 0 Å². The van der Waals surface area contributed by atoms with Crippen LogP contribution in [0.25, 0.3) is 0 Å². The number of halogens is 2. The van der Waals surface area contributed by atoms with Gasteiger partial charge in [-0.1, -0.05) is 0 Å². The monoisotopic (exact) mass is 199 g/mol. The van der Waals surface area contributed by atoms with E-state index in [-0.39, 0.29) is 23.3 Å². The van der Waals surface area contributed by atoms with Crippen LogP contribution < -0.4 is 5.11 Å². The zero-order chi connectivity index (χ0) is 9.07. The molecule has 0 aliphatic carbocycles. The van der Waals surface area contributed by atoms with Gasteiger partial charge in [-0.05, 0) is 0 Å². The lowest BCUT2D eigenvalue weighted by Crippen LogP contribution is -2.55. The lowest BCUT2D eigenvalue weighted by Gasteiger charge is -2.34. The first-order chi connectivity index (χ1) is 4.89. The van der Waals surface area contributed by atoms with E-state index >= 15 is 0 Å². The van der Waals surface area contributed by atoms with Gasteiger partial charge in [0.05, 0.1) is 33.8 Å². The second-order valence-corrected chi connectivity index (χ2v) is 3.43. The molecule has 74 valence electrons. The molecule has 0 aromatic heterocycles. The molecule has 0 aromatic carbocycles. The number of alkyl halides is 1. The Kier molecular flexibility index (Phi) is 6.29. The molecule has 0 fully saturated rings. The molecular weight excluding hydrogens is 185 g/mol. The van der Waals surface area contributed by atoms with Gasteiger partial charge in [-0.15, -0.1) is 12.4 Å². The lowest BCUT2D eigenvalue weighted by atomic mass is 10.2. The van der Waals surface area contributed by atoms with E-state index in [0.29, 0.717) is 0 Å². The molecule has 3 nitrogen and oxygen atoms in total. The van der Waals surface area contributed by atoms with Crippen LogP contribution >= 0.6 is 12.4 Å². The molecule has 0 saturated heterocycles. The smallest absolute Gasteiger partial charge is 0.131 e. The van der Waals surface area contributed by atoms with Gasteiger partial charge in [0.2, 0.25) is 0 Å². The Labute approximate surface area is 78.2 Å². The molecule has 0 radical (unpaired) electrons. The van der Waals surface area contributed by atoms with Crippen molar-refractivity contribution >= 4 is 18.4 Å². The quantitative estimate of drug-likeness (QED) is 0.578. The highest BCUT2D eigenvalue weighted by atomic mass is 35.5. The van der Waals surface area contributed by atoms with Crippen LogP contribution in [0.15, 0.2) is 0 Å². The summed E-state index contributed by atoms with van der Waals surface area (Å²) in [5.74, 6) is -1.19. The maximum Gasteiger partial charge on any atom is 0.131 e. The van der Waals surface area contributed by atoms with Crippen LogP contribution in [0.1, 0.15) is 6.42 Å². The molecule has 0 aliphatic heterocycles. The SMILES string of the molecule is C[N+](C)(C)C(CCF)C(=O)[O-].Cl. The molecule has 0 bridgehead atoms. The van der Waals surface area contributed by atoms with Gasteiger partial charge >= 0.3 is 0 Å². The average molecular weight is 200 g/mol. The molecule has 12 heavy (non-hydrogen) atoms. The number of likely N-dealkylation sites (N-methyl/N-ethyl adjacent to an activating group) is 1. The fourth-order valence-electron chi connectivity index (χ4n) is 0.925. The summed E-state index contributed by atoms with van der Waals surface area (Å²) in [5.41, 5.74) is 0. The molecule has 5 heteroatoms. The molecule has 0 heterocycles. The Hall–Kier alpha value is -0.350. The second-order valence-electron chi connectivity index (χ2n) is 3.43. The fourth-order valence-corrected chi connectivity index (χ4v) is 0.925. The standard InChI is InChI=1S/C7H14FNO2.ClH/c1-9(2,3)6(4-5-8)7(10)11;/h6H,4-5H2,1-3H3;1H. The average Bonchev–Trinajstić information content (AvgIpc) is 1.79. The summed E-state index contributed by atoms with van der Waals surface area (Å²) in [7, 11) is 5.11. The van der Waals surface area contributed by atoms with Gasteiger partial charge in [0, 0.05) is 6.42 Å². The van der Waals surface area contributed by atoms with Crippen molar-refractivity contribution in [3.63, 3.8) is 0 Å². The predicted molar refractivity (Wildman–Crippen MR) is 44.7 cm³/mol.